The normalized spacial score (nSPS) is 11.0. The van der Waals surface area contributed by atoms with Crippen molar-refractivity contribution in [2.24, 2.45) is 0 Å². The quantitative estimate of drug-likeness (QED) is 0.350. The summed E-state index contributed by atoms with van der Waals surface area (Å²) in [5.74, 6) is 0. The zero-order valence-electron chi connectivity index (χ0n) is 5.92. The highest BCUT2D eigenvalue weighted by atomic mass is 35.5. The lowest BCUT2D eigenvalue weighted by Crippen LogP contribution is -1.86. The Kier molecular flexibility index (Phi) is 4.31. The lowest BCUT2D eigenvalue weighted by Gasteiger charge is -2.09. The Labute approximate surface area is 106 Å². The third-order valence-electron chi connectivity index (χ3n) is 1.37. The first-order valence-electron chi connectivity index (χ1n) is 3.06. The average molecular weight is 299 g/mol. The van der Waals surface area contributed by atoms with Gasteiger partial charge in [-0.25, -0.2) is 0 Å². The van der Waals surface area contributed by atoms with Crippen LogP contribution in [0.15, 0.2) is 6.07 Å². The smallest absolute Gasteiger partial charge is 0.100 e. The summed E-state index contributed by atoms with van der Waals surface area (Å²) in [7, 11) is 0. The number of hydrogen-bond acceptors (Lipinski definition) is 0. The molecule has 0 bridgehead atoms. The number of alkyl halides is 2. The van der Waals surface area contributed by atoms with Gasteiger partial charge in [-0.15, -0.1) is 23.2 Å². The van der Waals surface area contributed by atoms with Gasteiger partial charge in [0.2, 0.25) is 0 Å². The van der Waals surface area contributed by atoms with Crippen LogP contribution in [0.5, 0.6) is 0 Å². The van der Waals surface area contributed by atoms with Crippen LogP contribution < -0.4 is 0 Å². The highest BCUT2D eigenvalue weighted by Crippen LogP contribution is 2.42. The Morgan fingerprint density at radius 2 is 1.38 bits per heavy atom. The molecule has 0 atom stereocenters. The van der Waals surface area contributed by atoms with Gasteiger partial charge in [-0.2, -0.15) is 0 Å². The van der Waals surface area contributed by atoms with Gasteiger partial charge < -0.3 is 0 Å². The summed E-state index contributed by atoms with van der Waals surface area (Å²) in [4.78, 5) is -0.778. The molecular weight excluding hydrogens is 297 g/mol. The monoisotopic (exact) mass is 296 g/mol. The first-order chi connectivity index (χ1) is 5.95. The van der Waals surface area contributed by atoms with Crippen molar-refractivity contribution in [2.45, 2.75) is 4.84 Å². The van der Waals surface area contributed by atoms with E-state index in [0.717, 1.165) is 0 Å². The Morgan fingerprint density at radius 1 is 0.846 bits per heavy atom. The second-order valence-corrected chi connectivity index (χ2v) is 4.83. The minimum Gasteiger partial charge on any atom is -0.100 e. The van der Waals surface area contributed by atoms with E-state index >= 15 is 0 Å². The zero-order valence-corrected chi connectivity index (χ0v) is 10.5. The van der Waals surface area contributed by atoms with E-state index in [2.05, 4.69) is 0 Å². The Bertz CT molecular complexity index is 332. The first kappa shape index (κ1) is 12.0. The summed E-state index contributed by atoms with van der Waals surface area (Å²) in [6.07, 6.45) is 0. The molecule has 1 rings (SSSR count). The first-order valence-corrected chi connectivity index (χ1v) is 5.44. The third-order valence-corrected chi connectivity index (χ3v) is 3.60. The van der Waals surface area contributed by atoms with E-state index in [0.29, 0.717) is 5.56 Å². The van der Waals surface area contributed by atoms with Crippen LogP contribution in [0.1, 0.15) is 10.4 Å². The highest BCUT2D eigenvalue weighted by Gasteiger charge is 2.16. The molecule has 13 heavy (non-hydrogen) atoms. The van der Waals surface area contributed by atoms with Crippen molar-refractivity contribution < 1.29 is 0 Å². The van der Waals surface area contributed by atoms with Crippen LogP contribution in [0.25, 0.3) is 0 Å². The minimum absolute atomic E-state index is 0.164. The largest absolute Gasteiger partial charge is 0.134 e. The fourth-order valence-corrected chi connectivity index (χ4v) is 2.13. The molecule has 0 heterocycles. The molecule has 0 unspecified atom stereocenters. The highest BCUT2D eigenvalue weighted by molar-refractivity contribution is 6.53. The van der Waals surface area contributed by atoms with E-state index in [1.54, 1.807) is 0 Å². The predicted octanol–water partition coefficient (Wildman–Crippen LogP) is 5.78. The van der Waals surface area contributed by atoms with Crippen molar-refractivity contribution in [1.29, 1.82) is 0 Å². The molecule has 0 aliphatic heterocycles. The Hall–Kier alpha value is 0.960. The molecule has 1 aromatic carbocycles. The molecule has 0 saturated heterocycles. The van der Waals surface area contributed by atoms with Crippen LogP contribution >= 0.6 is 69.6 Å². The van der Waals surface area contributed by atoms with Crippen LogP contribution in [0.2, 0.25) is 20.1 Å². The van der Waals surface area contributed by atoms with Crippen LogP contribution in [0.4, 0.5) is 0 Å². The maximum Gasteiger partial charge on any atom is 0.134 e. The van der Waals surface area contributed by atoms with E-state index in [9.17, 15) is 0 Å². The van der Waals surface area contributed by atoms with Crippen LogP contribution in [-0.4, -0.2) is 0 Å². The third kappa shape index (κ3) is 2.50. The van der Waals surface area contributed by atoms with E-state index in [4.69, 9.17) is 69.6 Å². The molecule has 1 aromatic rings. The maximum absolute atomic E-state index is 5.82. The summed E-state index contributed by atoms with van der Waals surface area (Å²) in [5.41, 5.74) is 0.449. The SMILES string of the molecule is Clc1cc(C(Cl)Cl)c(Cl)c(Cl)c1Cl. The van der Waals surface area contributed by atoms with Gasteiger partial charge in [0.15, 0.2) is 0 Å². The lowest BCUT2D eigenvalue weighted by molar-refractivity contribution is 1.35. The summed E-state index contributed by atoms with van der Waals surface area (Å²) < 4.78 is 0. The molecule has 0 radical (unpaired) electrons. The van der Waals surface area contributed by atoms with Crippen molar-refractivity contribution in [3.63, 3.8) is 0 Å². The molecule has 0 aliphatic carbocycles. The standard InChI is InChI=1S/C7H2Cl6/c8-3-1-2(7(12)13)4(9)6(11)5(3)10/h1,7H. The molecule has 72 valence electrons. The summed E-state index contributed by atoms with van der Waals surface area (Å²) in [6.45, 7) is 0. The molecule has 0 spiro atoms. The van der Waals surface area contributed by atoms with E-state index in [1.807, 2.05) is 0 Å². The van der Waals surface area contributed by atoms with Gasteiger partial charge in [-0.05, 0) is 6.07 Å². The molecule has 6 heteroatoms. The van der Waals surface area contributed by atoms with Crippen LogP contribution in [0.3, 0.4) is 0 Å². The molecule has 0 nitrogen and oxygen atoms in total. The number of halogens is 6. The van der Waals surface area contributed by atoms with Gasteiger partial charge in [-0.3, -0.25) is 0 Å². The molecule has 0 saturated carbocycles. The van der Waals surface area contributed by atoms with E-state index in [-0.39, 0.29) is 20.1 Å². The van der Waals surface area contributed by atoms with E-state index < -0.39 is 4.84 Å². The number of hydrogen-bond donors (Lipinski definition) is 0. The van der Waals surface area contributed by atoms with Crippen molar-refractivity contribution in [3.8, 4) is 0 Å². The fraction of sp³-hybridized carbons (Fsp3) is 0.143. The molecule has 0 fully saturated rings. The van der Waals surface area contributed by atoms with E-state index in [1.165, 1.54) is 6.07 Å². The lowest BCUT2D eigenvalue weighted by atomic mass is 10.2. The molecule has 0 N–H and O–H groups in total. The second kappa shape index (κ2) is 4.65. The summed E-state index contributed by atoms with van der Waals surface area (Å²) >= 11 is 34.3. The van der Waals surface area contributed by atoms with Crippen LogP contribution in [0, 0.1) is 0 Å². The number of rotatable bonds is 1. The maximum atomic E-state index is 5.82. The van der Waals surface area contributed by atoms with Crippen molar-refractivity contribution in [3.05, 3.63) is 31.7 Å². The van der Waals surface area contributed by atoms with Crippen molar-refractivity contribution >= 4 is 69.6 Å². The fourth-order valence-electron chi connectivity index (χ4n) is 0.750. The second-order valence-electron chi connectivity index (χ2n) is 2.19. The van der Waals surface area contributed by atoms with Gasteiger partial charge in [-0.1, -0.05) is 46.4 Å². The zero-order chi connectivity index (χ0) is 10.2. The van der Waals surface area contributed by atoms with Crippen molar-refractivity contribution in [1.82, 2.24) is 0 Å². The molecular formula is C7H2Cl6. The summed E-state index contributed by atoms with van der Waals surface area (Å²) in [6, 6.07) is 1.49. The average Bonchev–Trinajstić information content (AvgIpc) is 2.07. The van der Waals surface area contributed by atoms with Gasteiger partial charge in [0, 0.05) is 5.56 Å². The van der Waals surface area contributed by atoms with Crippen LogP contribution in [-0.2, 0) is 0 Å². The Balaban J connectivity index is 3.41. The van der Waals surface area contributed by atoms with Gasteiger partial charge >= 0.3 is 0 Å². The molecule has 0 amide bonds. The number of benzene rings is 1. The molecule has 0 aromatic heterocycles. The summed E-state index contributed by atoms with van der Waals surface area (Å²) in [5, 5.41) is 0.867. The van der Waals surface area contributed by atoms with Gasteiger partial charge in [0.05, 0.1) is 20.1 Å². The van der Waals surface area contributed by atoms with Crippen molar-refractivity contribution in [2.75, 3.05) is 0 Å². The topological polar surface area (TPSA) is 0 Å². The minimum atomic E-state index is -0.778. The van der Waals surface area contributed by atoms with Gasteiger partial charge in [0.25, 0.3) is 0 Å². The van der Waals surface area contributed by atoms with Gasteiger partial charge in [0.1, 0.15) is 4.84 Å². The predicted molar refractivity (Wildman–Crippen MR) is 60.9 cm³/mol. The Morgan fingerprint density at radius 3 is 1.85 bits per heavy atom. The molecule has 0 aliphatic rings.